The highest BCUT2D eigenvalue weighted by atomic mass is 32.1. The Kier molecular flexibility index (Phi) is 4.40. The van der Waals surface area contributed by atoms with Gasteiger partial charge in [-0.15, -0.1) is 11.3 Å². The Morgan fingerprint density at radius 1 is 1.40 bits per heavy atom. The van der Waals surface area contributed by atoms with Gasteiger partial charge < -0.3 is 14.3 Å². The number of furan rings is 1. The molecule has 0 aromatic carbocycles. The van der Waals surface area contributed by atoms with E-state index in [0.29, 0.717) is 24.7 Å². The Morgan fingerprint density at radius 2 is 2.28 bits per heavy atom. The molecule has 3 heterocycles. The highest BCUT2D eigenvalue weighted by molar-refractivity contribution is 7.13. The first-order valence-electron chi connectivity index (χ1n) is 8.44. The summed E-state index contributed by atoms with van der Waals surface area (Å²) in [5.41, 5.74) is 0. The third-order valence-corrected chi connectivity index (χ3v) is 5.06. The molecular weight excluding hydrogens is 338 g/mol. The molecule has 25 heavy (non-hydrogen) atoms. The van der Waals surface area contributed by atoms with Crippen LogP contribution in [0.3, 0.4) is 0 Å². The summed E-state index contributed by atoms with van der Waals surface area (Å²) in [6, 6.07) is 7.59. The lowest BCUT2D eigenvalue weighted by Gasteiger charge is -2.08. The van der Waals surface area contributed by atoms with Gasteiger partial charge in [0.05, 0.1) is 4.88 Å². The van der Waals surface area contributed by atoms with Crippen molar-refractivity contribution >= 4 is 17.2 Å². The number of aryl methyl sites for hydroxylation is 1. The maximum Gasteiger partial charge on any atom is 0.248 e. The van der Waals surface area contributed by atoms with E-state index in [0.717, 1.165) is 35.1 Å². The van der Waals surface area contributed by atoms with Crippen LogP contribution in [0.25, 0.3) is 10.6 Å². The molecule has 0 radical (unpaired) electrons. The minimum Gasteiger partial charge on any atom is -0.460 e. The van der Waals surface area contributed by atoms with Crippen LogP contribution in [0.2, 0.25) is 0 Å². The van der Waals surface area contributed by atoms with Crippen LogP contribution >= 0.6 is 11.3 Å². The Hall–Kier alpha value is -2.41. The molecule has 7 heteroatoms. The van der Waals surface area contributed by atoms with E-state index in [4.69, 9.17) is 8.94 Å². The lowest BCUT2D eigenvalue weighted by Crippen LogP contribution is -2.27. The highest BCUT2D eigenvalue weighted by Crippen LogP contribution is 2.38. The van der Waals surface area contributed by atoms with Crippen molar-refractivity contribution in [1.82, 2.24) is 15.5 Å². The van der Waals surface area contributed by atoms with E-state index in [9.17, 15) is 4.79 Å². The summed E-state index contributed by atoms with van der Waals surface area (Å²) in [7, 11) is 0. The quantitative estimate of drug-likeness (QED) is 0.689. The van der Waals surface area contributed by atoms with Crippen molar-refractivity contribution in [2.75, 3.05) is 0 Å². The third-order valence-electron chi connectivity index (χ3n) is 4.17. The van der Waals surface area contributed by atoms with Crippen LogP contribution in [-0.2, 0) is 11.2 Å². The number of aromatic nitrogens is 2. The second-order valence-corrected chi connectivity index (χ2v) is 7.25. The van der Waals surface area contributed by atoms with Gasteiger partial charge in [0.2, 0.25) is 11.8 Å². The minimum atomic E-state index is -0.286. The number of amides is 1. The van der Waals surface area contributed by atoms with Crippen LogP contribution in [0.4, 0.5) is 0 Å². The van der Waals surface area contributed by atoms with Gasteiger partial charge in [0.1, 0.15) is 17.6 Å². The largest absolute Gasteiger partial charge is 0.460 e. The first-order chi connectivity index (χ1) is 12.2. The topological polar surface area (TPSA) is 81.2 Å². The van der Waals surface area contributed by atoms with Crippen LogP contribution in [0.15, 0.2) is 38.6 Å². The van der Waals surface area contributed by atoms with Crippen LogP contribution in [0, 0.1) is 0 Å². The molecule has 1 amide bonds. The van der Waals surface area contributed by atoms with Gasteiger partial charge in [-0.3, -0.25) is 4.79 Å². The van der Waals surface area contributed by atoms with Crippen LogP contribution in [-0.4, -0.2) is 16.0 Å². The van der Waals surface area contributed by atoms with Gasteiger partial charge in [0.25, 0.3) is 0 Å². The Morgan fingerprint density at radius 3 is 3.04 bits per heavy atom. The molecule has 6 nitrogen and oxygen atoms in total. The van der Waals surface area contributed by atoms with Crippen molar-refractivity contribution in [1.29, 1.82) is 0 Å². The predicted molar refractivity (Wildman–Crippen MR) is 93.2 cm³/mol. The smallest absolute Gasteiger partial charge is 0.248 e. The molecule has 1 atom stereocenters. The molecule has 1 aliphatic rings. The molecular formula is C18H19N3O3S. The molecule has 1 aliphatic carbocycles. The van der Waals surface area contributed by atoms with E-state index >= 15 is 0 Å². The van der Waals surface area contributed by atoms with Gasteiger partial charge in [0.15, 0.2) is 5.82 Å². The zero-order chi connectivity index (χ0) is 17.2. The lowest BCUT2D eigenvalue weighted by atomic mass is 10.2. The Bertz CT molecular complexity index is 849. The number of hydrogen-bond donors (Lipinski definition) is 1. The third kappa shape index (κ3) is 3.82. The molecule has 0 saturated heterocycles. The first kappa shape index (κ1) is 16.1. The fraction of sp³-hybridized carbons (Fsp3) is 0.389. The van der Waals surface area contributed by atoms with Crippen molar-refractivity contribution in [3.63, 3.8) is 0 Å². The minimum absolute atomic E-state index is 0.0623. The van der Waals surface area contributed by atoms with E-state index < -0.39 is 0 Å². The predicted octanol–water partition coefficient (Wildman–Crippen LogP) is 4.08. The molecule has 1 N–H and O–H groups in total. The molecule has 4 rings (SSSR count). The second kappa shape index (κ2) is 6.84. The average Bonchev–Trinajstić information content (AvgIpc) is 3.06. The monoisotopic (exact) mass is 357 g/mol. The van der Waals surface area contributed by atoms with E-state index in [2.05, 4.69) is 15.5 Å². The van der Waals surface area contributed by atoms with Gasteiger partial charge in [-0.2, -0.15) is 4.98 Å². The van der Waals surface area contributed by atoms with Crippen LogP contribution < -0.4 is 5.32 Å². The molecule has 3 aromatic rings. The number of nitrogens with zero attached hydrogens (tertiary/aromatic N) is 2. The number of rotatable bonds is 7. The SMILES string of the molecule is C[C@@H](NC(=O)CCc1ccc(-c2cccs2)o1)c1nc(C2CC2)no1. The molecule has 0 unspecified atom stereocenters. The maximum absolute atomic E-state index is 12.1. The van der Waals surface area contributed by atoms with Crippen LogP contribution in [0.5, 0.6) is 0 Å². The Balaban J connectivity index is 1.28. The van der Waals surface area contributed by atoms with Crippen molar-refractivity contribution < 1.29 is 13.7 Å². The maximum atomic E-state index is 12.1. The van der Waals surface area contributed by atoms with Gasteiger partial charge in [0, 0.05) is 18.8 Å². The summed E-state index contributed by atoms with van der Waals surface area (Å²) in [6.45, 7) is 1.85. The lowest BCUT2D eigenvalue weighted by molar-refractivity contribution is -0.121. The highest BCUT2D eigenvalue weighted by Gasteiger charge is 2.29. The fourth-order valence-corrected chi connectivity index (χ4v) is 3.29. The molecule has 0 bridgehead atoms. The molecule has 0 spiro atoms. The number of hydrogen-bond acceptors (Lipinski definition) is 6. The molecule has 1 saturated carbocycles. The van der Waals surface area contributed by atoms with Crippen molar-refractivity contribution in [2.45, 2.75) is 44.6 Å². The zero-order valence-corrected chi connectivity index (χ0v) is 14.7. The second-order valence-electron chi connectivity index (χ2n) is 6.30. The zero-order valence-electron chi connectivity index (χ0n) is 13.9. The number of carbonyl (C=O) groups excluding carboxylic acids is 1. The summed E-state index contributed by atoms with van der Waals surface area (Å²) in [6.07, 6.45) is 3.15. The standard InChI is InChI=1S/C18H19N3O3S/c1-11(18-20-17(21-24-18)12-4-5-12)19-16(22)9-7-13-6-8-14(23-13)15-3-2-10-25-15/h2-3,6,8,10-12H,4-5,7,9H2,1H3,(H,19,22)/t11-/m1/s1. The summed E-state index contributed by atoms with van der Waals surface area (Å²) < 4.78 is 11.0. The Labute approximate surface area is 149 Å². The van der Waals surface area contributed by atoms with E-state index in [1.807, 2.05) is 36.6 Å². The molecule has 130 valence electrons. The van der Waals surface area contributed by atoms with Gasteiger partial charge >= 0.3 is 0 Å². The summed E-state index contributed by atoms with van der Waals surface area (Å²) in [5.74, 6) is 3.25. The fourth-order valence-electron chi connectivity index (χ4n) is 2.61. The number of carbonyl (C=O) groups is 1. The number of nitrogens with one attached hydrogen (secondary N) is 1. The van der Waals surface area contributed by atoms with E-state index in [1.54, 1.807) is 11.3 Å². The first-order valence-corrected chi connectivity index (χ1v) is 9.32. The summed E-state index contributed by atoms with van der Waals surface area (Å²) >= 11 is 1.63. The molecule has 1 fully saturated rings. The summed E-state index contributed by atoms with van der Waals surface area (Å²) in [4.78, 5) is 17.6. The normalized spacial score (nSPS) is 15.2. The van der Waals surface area contributed by atoms with Crippen molar-refractivity contribution in [3.05, 3.63) is 47.1 Å². The summed E-state index contributed by atoms with van der Waals surface area (Å²) in [5, 5.41) is 8.89. The van der Waals surface area contributed by atoms with E-state index in [-0.39, 0.29) is 11.9 Å². The van der Waals surface area contributed by atoms with Crippen LogP contribution in [0.1, 0.15) is 55.6 Å². The molecule has 3 aromatic heterocycles. The van der Waals surface area contributed by atoms with Crippen molar-refractivity contribution in [3.8, 4) is 10.6 Å². The number of thiophene rings is 1. The average molecular weight is 357 g/mol. The van der Waals surface area contributed by atoms with Gasteiger partial charge in [-0.05, 0) is 43.3 Å². The molecule has 0 aliphatic heterocycles. The van der Waals surface area contributed by atoms with Gasteiger partial charge in [-0.25, -0.2) is 0 Å². The van der Waals surface area contributed by atoms with E-state index in [1.165, 1.54) is 0 Å². The van der Waals surface area contributed by atoms with Gasteiger partial charge in [-0.1, -0.05) is 11.2 Å². The van der Waals surface area contributed by atoms with Crippen molar-refractivity contribution in [2.24, 2.45) is 0 Å².